The number of benzene rings is 1. The first-order chi connectivity index (χ1) is 9.14. The fraction of sp³-hybridized carbons (Fsp3) is 0.667. The Labute approximate surface area is 119 Å². The summed E-state index contributed by atoms with van der Waals surface area (Å²) in [6, 6.07) is 11.1. The van der Waals surface area contributed by atoms with Gasteiger partial charge in [-0.15, -0.1) is 0 Å². The summed E-state index contributed by atoms with van der Waals surface area (Å²) in [6.07, 6.45) is 5.04. The van der Waals surface area contributed by atoms with Gasteiger partial charge < -0.3 is 5.32 Å². The van der Waals surface area contributed by atoms with Crippen LogP contribution in [0.5, 0.6) is 0 Å². The van der Waals surface area contributed by atoms with Crippen LogP contribution < -0.4 is 5.32 Å². The van der Waals surface area contributed by atoms with Crippen LogP contribution in [-0.4, -0.2) is 13.1 Å². The molecular formula is C18H31N. The van der Waals surface area contributed by atoms with Crippen LogP contribution in [0.4, 0.5) is 0 Å². The normalized spacial score (nSPS) is 12.1. The predicted molar refractivity (Wildman–Crippen MR) is 85.6 cm³/mol. The van der Waals surface area contributed by atoms with Gasteiger partial charge in [0.15, 0.2) is 0 Å². The van der Waals surface area contributed by atoms with E-state index in [-0.39, 0.29) is 0 Å². The summed E-state index contributed by atoms with van der Waals surface area (Å²) < 4.78 is 0. The van der Waals surface area contributed by atoms with Crippen molar-refractivity contribution in [1.29, 1.82) is 0 Å². The molecule has 108 valence electrons. The summed E-state index contributed by atoms with van der Waals surface area (Å²) in [5.74, 6) is 0.719. The molecule has 1 aromatic carbocycles. The average Bonchev–Trinajstić information content (AvgIpc) is 2.39. The van der Waals surface area contributed by atoms with E-state index in [0.29, 0.717) is 5.41 Å². The van der Waals surface area contributed by atoms with Crippen LogP contribution in [-0.2, 0) is 5.41 Å². The Bertz CT molecular complexity index is 323. The van der Waals surface area contributed by atoms with Gasteiger partial charge in [0.25, 0.3) is 0 Å². The molecule has 1 aromatic rings. The van der Waals surface area contributed by atoms with Crippen LogP contribution in [0.2, 0.25) is 0 Å². The number of hydrogen-bond donors (Lipinski definition) is 1. The molecule has 0 aliphatic carbocycles. The van der Waals surface area contributed by atoms with E-state index < -0.39 is 0 Å². The molecule has 1 nitrogen and oxygen atoms in total. The summed E-state index contributed by atoms with van der Waals surface area (Å²) in [7, 11) is 0. The lowest BCUT2D eigenvalue weighted by atomic mass is 9.73. The van der Waals surface area contributed by atoms with E-state index in [1.165, 1.54) is 31.2 Å². The summed E-state index contributed by atoms with van der Waals surface area (Å²) in [5.41, 5.74) is 1.83. The van der Waals surface area contributed by atoms with Crippen LogP contribution in [0.25, 0.3) is 0 Å². The van der Waals surface area contributed by atoms with Gasteiger partial charge in [-0.05, 0) is 30.9 Å². The van der Waals surface area contributed by atoms with Crippen molar-refractivity contribution in [3.8, 4) is 0 Å². The summed E-state index contributed by atoms with van der Waals surface area (Å²) in [5, 5.41) is 3.69. The molecule has 1 rings (SSSR count). The zero-order valence-corrected chi connectivity index (χ0v) is 13.2. The second-order valence-electron chi connectivity index (χ2n) is 6.17. The van der Waals surface area contributed by atoms with Crippen molar-refractivity contribution >= 4 is 0 Å². The zero-order chi connectivity index (χ0) is 14.1. The van der Waals surface area contributed by atoms with E-state index in [9.17, 15) is 0 Å². The second kappa shape index (κ2) is 8.37. The van der Waals surface area contributed by atoms with Gasteiger partial charge in [0.05, 0.1) is 0 Å². The maximum absolute atomic E-state index is 3.69. The fourth-order valence-corrected chi connectivity index (χ4v) is 3.04. The average molecular weight is 261 g/mol. The van der Waals surface area contributed by atoms with Crippen LogP contribution >= 0.6 is 0 Å². The van der Waals surface area contributed by atoms with Gasteiger partial charge in [-0.3, -0.25) is 0 Å². The molecular weight excluding hydrogens is 230 g/mol. The first-order valence-corrected chi connectivity index (χ1v) is 7.91. The first kappa shape index (κ1) is 16.2. The third-order valence-corrected chi connectivity index (χ3v) is 3.86. The molecule has 0 radical (unpaired) electrons. The Balaban J connectivity index is 2.86. The molecule has 0 aliphatic heterocycles. The highest BCUT2D eigenvalue weighted by molar-refractivity contribution is 5.26. The highest BCUT2D eigenvalue weighted by atomic mass is 14.9. The second-order valence-corrected chi connectivity index (χ2v) is 6.17. The molecule has 1 heteroatoms. The third-order valence-electron chi connectivity index (χ3n) is 3.86. The molecule has 0 aliphatic rings. The Kier molecular flexibility index (Phi) is 7.15. The maximum Gasteiger partial charge on any atom is 0.00775 e. The van der Waals surface area contributed by atoms with Crippen molar-refractivity contribution in [3.05, 3.63) is 35.9 Å². The van der Waals surface area contributed by atoms with Crippen LogP contribution in [0.15, 0.2) is 30.3 Å². The maximum atomic E-state index is 3.69. The number of nitrogens with one attached hydrogen (secondary N) is 1. The largest absolute Gasteiger partial charge is 0.316 e. The monoisotopic (exact) mass is 261 g/mol. The van der Waals surface area contributed by atoms with Gasteiger partial charge in [0, 0.05) is 12.0 Å². The number of hydrogen-bond acceptors (Lipinski definition) is 1. The highest BCUT2D eigenvalue weighted by Crippen LogP contribution is 2.33. The topological polar surface area (TPSA) is 12.0 Å². The van der Waals surface area contributed by atoms with E-state index in [1.807, 2.05) is 0 Å². The van der Waals surface area contributed by atoms with E-state index >= 15 is 0 Å². The first-order valence-electron chi connectivity index (χ1n) is 7.91. The summed E-state index contributed by atoms with van der Waals surface area (Å²) >= 11 is 0. The lowest BCUT2D eigenvalue weighted by Gasteiger charge is -2.35. The van der Waals surface area contributed by atoms with Crippen molar-refractivity contribution in [2.24, 2.45) is 5.92 Å². The van der Waals surface area contributed by atoms with Crippen LogP contribution in [0.1, 0.15) is 58.9 Å². The lowest BCUT2D eigenvalue weighted by Crippen LogP contribution is -2.39. The molecule has 0 fully saturated rings. The molecule has 0 atom stereocenters. The molecule has 0 aromatic heterocycles. The molecule has 0 saturated carbocycles. The van der Waals surface area contributed by atoms with E-state index in [1.54, 1.807) is 0 Å². The molecule has 0 unspecified atom stereocenters. The van der Waals surface area contributed by atoms with E-state index in [2.05, 4.69) is 63.3 Å². The molecule has 19 heavy (non-hydrogen) atoms. The smallest absolute Gasteiger partial charge is 0.00775 e. The molecule has 0 spiro atoms. The Morgan fingerprint density at radius 2 is 1.58 bits per heavy atom. The Hall–Kier alpha value is -0.820. The van der Waals surface area contributed by atoms with Gasteiger partial charge in [-0.25, -0.2) is 0 Å². The Morgan fingerprint density at radius 3 is 2.05 bits per heavy atom. The van der Waals surface area contributed by atoms with Crippen molar-refractivity contribution in [2.45, 2.75) is 58.8 Å². The van der Waals surface area contributed by atoms with Crippen LogP contribution in [0.3, 0.4) is 0 Å². The quantitative estimate of drug-likeness (QED) is 0.675. The van der Waals surface area contributed by atoms with Gasteiger partial charge in [0.1, 0.15) is 0 Å². The minimum Gasteiger partial charge on any atom is -0.316 e. The number of rotatable bonds is 9. The molecule has 0 heterocycles. The van der Waals surface area contributed by atoms with Gasteiger partial charge in [-0.1, -0.05) is 70.9 Å². The summed E-state index contributed by atoms with van der Waals surface area (Å²) in [4.78, 5) is 0. The minimum atomic E-state index is 0.319. The molecule has 0 bridgehead atoms. The van der Waals surface area contributed by atoms with Gasteiger partial charge in [0.2, 0.25) is 0 Å². The fourth-order valence-electron chi connectivity index (χ4n) is 3.04. The van der Waals surface area contributed by atoms with Crippen molar-refractivity contribution in [2.75, 3.05) is 13.1 Å². The summed E-state index contributed by atoms with van der Waals surface area (Å²) in [6.45, 7) is 11.4. The molecule has 1 N–H and O–H groups in total. The minimum absolute atomic E-state index is 0.319. The predicted octanol–water partition coefficient (Wildman–Crippen LogP) is 4.77. The molecule has 0 saturated heterocycles. The van der Waals surface area contributed by atoms with Gasteiger partial charge >= 0.3 is 0 Å². The van der Waals surface area contributed by atoms with E-state index in [4.69, 9.17) is 0 Å². The van der Waals surface area contributed by atoms with Crippen LogP contribution in [0, 0.1) is 5.92 Å². The SMILES string of the molecule is CCCC(CCC)(CNCC(C)C)c1ccccc1. The van der Waals surface area contributed by atoms with Crippen molar-refractivity contribution in [3.63, 3.8) is 0 Å². The lowest BCUT2D eigenvalue weighted by molar-refractivity contribution is 0.328. The standard InChI is InChI=1S/C18H31N/c1-5-12-18(13-6-2,15-19-14-16(3)4)17-10-8-7-9-11-17/h7-11,16,19H,5-6,12-15H2,1-4H3. The molecule has 0 amide bonds. The Morgan fingerprint density at radius 1 is 1.00 bits per heavy atom. The van der Waals surface area contributed by atoms with E-state index in [0.717, 1.165) is 19.0 Å². The van der Waals surface area contributed by atoms with Gasteiger partial charge in [-0.2, -0.15) is 0 Å². The third kappa shape index (κ3) is 4.99. The van der Waals surface area contributed by atoms with Crippen molar-refractivity contribution < 1.29 is 0 Å². The van der Waals surface area contributed by atoms with Crippen molar-refractivity contribution in [1.82, 2.24) is 5.32 Å². The zero-order valence-electron chi connectivity index (χ0n) is 13.2. The highest BCUT2D eigenvalue weighted by Gasteiger charge is 2.29.